The largest absolute Gasteiger partial charge is 0.481 e. The van der Waals surface area contributed by atoms with E-state index in [4.69, 9.17) is 10.4 Å². The van der Waals surface area contributed by atoms with E-state index in [9.17, 15) is 9.59 Å². The van der Waals surface area contributed by atoms with Crippen molar-refractivity contribution in [3.05, 3.63) is 0 Å². The molecule has 0 aromatic heterocycles. The highest BCUT2D eigenvalue weighted by molar-refractivity contribution is 5.71. The van der Waals surface area contributed by atoms with Crippen molar-refractivity contribution in [2.75, 3.05) is 0 Å². The van der Waals surface area contributed by atoms with Crippen LogP contribution in [-0.2, 0) is 14.5 Å². The van der Waals surface area contributed by atoms with Crippen molar-refractivity contribution in [1.82, 2.24) is 0 Å². The molecule has 1 atom stereocenters. The van der Waals surface area contributed by atoms with Crippen LogP contribution in [0.1, 0.15) is 19.8 Å². The summed E-state index contributed by atoms with van der Waals surface area (Å²) in [5.74, 6) is -2.09. The maximum Gasteiger partial charge on any atom is 0.342 e. The molecule has 0 aromatic carbocycles. The van der Waals surface area contributed by atoms with Crippen LogP contribution in [0.3, 0.4) is 0 Å². The summed E-state index contributed by atoms with van der Waals surface area (Å²) < 4.78 is 0. The van der Waals surface area contributed by atoms with Crippen molar-refractivity contribution in [2.24, 2.45) is 5.92 Å². The fourth-order valence-electron chi connectivity index (χ4n) is 0.692. The zero-order valence-corrected chi connectivity index (χ0v) is 6.11. The van der Waals surface area contributed by atoms with E-state index < -0.39 is 11.9 Å². The fourth-order valence-corrected chi connectivity index (χ4v) is 0.692. The molecule has 2 N–H and O–H groups in total. The summed E-state index contributed by atoms with van der Waals surface area (Å²) in [4.78, 5) is 23.8. The van der Waals surface area contributed by atoms with Crippen LogP contribution in [0.4, 0.5) is 0 Å². The molecule has 0 aliphatic rings. The van der Waals surface area contributed by atoms with E-state index in [2.05, 4.69) is 4.89 Å². The first kappa shape index (κ1) is 9.90. The second kappa shape index (κ2) is 4.68. The molecule has 0 aliphatic carbocycles. The highest BCUT2D eigenvalue weighted by atomic mass is 17.1. The Morgan fingerprint density at radius 3 is 2.36 bits per heavy atom. The molecule has 1 unspecified atom stereocenters. The van der Waals surface area contributed by atoms with E-state index >= 15 is 0 Å². The number of carboxylic acids is 1. The summed E-state index contributed by atoms with van der Waals surface area (Å²) in [6.07, 6.45) is -0.183. The number of hydrogen-bond donors (Lipinski definition) is 2. The molecule has 0 aliphatic heterocycles. The van der Waals surface area contributed by atoms with Gasteiger partial charge in [0.2, 0.25) is 0 Å². The molecule has 0 spiro atoms. The average molecular weight is 162 g/mol. The van der Waals surface area contributed by atoms with Gasteiger partial charge in [-0.3, -0.25) is 4.79 Å². The molecule has 0 saturated carbocycles. The van der Waals surface area contributed by atoms with Gasteiger partial charge in [0.05, 0.1) is 6.42 Å². The van der Waals surface area contributed by atoms with Crippen LogP contribution in [0.15, 0.2) is 0 Å². The van der Waals surface area contributed by atoms with Crippen molar-refractivity contribution < 1.29 is 24.8 Å². The number of hydrogen-bond acceptors (Lipinski definition) is 4. The summed E-state index contributed by atoms with van der Waals surface area (Å²) >= 11 is 0. The number of carboxylic acid groups (broad SMARTS) is 1. The number of carbonyl (C=O) groups is 2. The molecule has 0 heterocycles. The lowest BCUT2D eigenvalue weighted by molar-refractivity contribution is -0.235. The predicted molar refractivity (Wildman–Crippen MR) is 34.8 cm³/mol. The van der Waals surface area contributed by atoms with Crippen molar-refractivity contribution >= 4 is 11.9 Å². The lowest BCUT2D eigenvalue weighted by atomic mass is 10.0. The molecular weight excluding hydrogens is 152 g/mol. The second-order valence-electron chi connectivity index (χ2n) is 2.37. The Morgan fingerprint density at radius 1 is 1.45 bits per heavy atom. The molecule has 0 fully saturated rings. The first-order valence-electron chi connectivity index (χ1n) is 3.12. The van der Waals surface area contributed by atoms with Crippen LogP contribution < -0.4 is 0 Å². The summed E-state index contributed by atoms with van der Waals surface area (Å²) in [6, 6.07) is 0. The van der Waals surface area contributed by atoms with Crippen LogP contribution in [0.2, 0.25) is 0 Å². The van der Waals surface area contributed by atoms with Crippen molar-refractivity contribution in [1.29, 1.82) is 0 Å². The number of rotatable bonds is 4. The SMILES string of the molecule is CC(CC(=O)O)CC(=O)OO. The van der Waals surface area contributed by atoms with E-state index in [1.54, 1.807) is 6.92 Å². The normalized spacial score (nSPS) is 12.2. The van der Waals surface area contributed by atoms with Crippen molar-refractivity contribution in [3.8, 4) is 0 Å². The summed E-state index contributed by atoms with van der Waals surface area (Å²) in [7, 11) is 0. The maximum absolute atomic E-state index is 10.3. The van der Waals surface area contributed by atoms with Gasteiger partial charge in [0.1, 0.15) is 0 Å². The van der Waals surface area contributed by atoms with Gasteiger partial charge in [0.15, 0.2) is 0 Å². The zero-order valence-electron chi connectivity index (χ0n) is 6.11. The lowest BCUT2D eigenvalue weighted by Crippen LogP contribution is -2.11. The van der Waals surface area contributed by atoms with Gasteiger partial charge in [-0.15, -0.1) is 0 Å². The Morgan fingerprint density at radius 2 is 2.00 bits per heavy atom. The molecule has 0 radical (unpaired) electrons. The van der Waals surface area contributed by atoms with Crippen LogP contribution in [0.5, 0.6) is 0 Å². The highest BCUT2D eigenvalue weighted by Gasteiger charge is 2.13. The van der Waals surface area contributed by atoms with Crippen LogP contribution in [0.25, 0.3) is 0 Å². The van der Waals surface area contributed by atoms with Gasteiger partial charge < -0.3 is 9.99 Å². The standard InChI is InChI=1S/C6H10O5/c1-4(2-5(7)8)3-6(9)11-10/h4,10H,2-3H2,1H3,(H,7,8). The van der Waals surface area contributed by atoms with Gasteiger partial charge in [-0.1, -0.05) is 6.92 Å². The Hall–Kier alpha value is -1.10. The van der Waals surface area contributed by atoms with Crippen molar-refractivity contribution in [3.63, 3.8) is 0 Å². The molecule has 5 heteroatoms. The van der Waals surface area contributed by atoms with Gasteiger partial charge in [-0.2, -0.15) is 5.26 Å². The molecular formula is C6H10O5. The van der Waals surface area contributed by atoms with Crippen molar-refractivity contribution in [2.45, 2.75) is 19.8 Å². The first-order valence-corrected chi connectivity index (χ1v) is 3.12. The smallest absolute Gasteiger partial charge is 0.342 e. The first-order chi connectivity index (χ1) is 5.06. The summed E-state index contributed by atoms with van der Waals surface area (Å²) in [5.41, 5.74) is 0. The second-order valence-corrected chi connectivity index (χ2v) is 2.37. The van der Waals surface area contributed by atoms with E-state index in [1.165, 1.54) is 0 Å². The molecule has 5 nitrogen and oxygen atoms in total. The lowest BCUT2D eigenvalue weighted by Gasteiger charge is -2.03. The van der Waals surface area contributed by atoms with Gasteiger partial charge >= 0.3 is 11.9 Å². The molecule has 0 amide bonds. The van der Waals surface area contributed by atoms with Gasteiger partial charge in [0.25, 0.3) is 0 Å². The van der Waals surface area contributed by atoms with Crippen LogP contribution in [-0.4, -0.2) is 22.3 Å². The number of aliphatic carboxylic acids is 1. The van der Waals surface area contributed by atoms with E-state index in [0.717, 1.165) is 0 Å². The summed E-state index contributed by atoms with van der Waals surface area (Å²) in [5, 5.41) is 16.1. The van der Waals surface area contributed by atoms with Gasteiger partial charge in [-0.25, -0.2) is 4.79 Å². The van der Waals surface area contributed by atoms with Gasteiger partial charge in [0, 0.05) is 6.42 Å². The maximum atomic E-state index is 10.3. The number of carbonyl (C=O) groups excluding carboxylic acids is 1. The Kier molecular flexibility index (Phi) is 4.21. The van der Waals surface area contributed by atoms with E-state index in [0.29, 0.717) is 0 Å². The average Bonchev–Trinajstić information content (AvgIpc) is 1.85. The molecule has 11 heavy (non-hydrogen) atoms. The van der Waals surface area contributed by atoms with E-state index in [-0.39, 0.29) is 18.8 Å². The topological polar surface area (TPSA) is 83.8 Å². The minimum atomic E-state index is -0.969. The molecule has 64 valence electrons. The highest BCUT2D eigenvalue weighted by Crippen LogP contribution is 2.07. The minimum Gasteiger partial charge on any atom is -0.481 e. The predicted octanol–water partition coefficient (Wildman–Crippen LogP) is 0.503. The third-order valence-corrected chi connectivity index (χ3v) is 1.14. The molecule has 0 rings (SSSR count). The Balaban J connectivity index is 3.60. The zero-order chi connectivity index (χ0) is 8.85. The van der Waals surface area contributed by atoms with Gasteiger partial charge in [-0.05, 0) is 5.92 Å². The third-order valence-electron chi connectivity index (χ3n) is 1.14. The minimum absolute atomic E-state index is 0.0806. The fraction of sp³-hybridized carbons (Fsp3) is 0.667. The Labute approximate surface area is 63.5 Å². The molecule has 0 aromatic rings. The monoisotopic (exact) mass is 162 g/mol. The molecule has 0 saturated heterocycles. The Bertz CT molecular complexity index is 153. The van der Waals surface area contributed by atoms with E-state index in [1.807, 2.05) is 0 Å². The molecule has 0 bridgehead atoms. The summed E-state index contributed by atoms with van der Waals surface area (Å²) in [6.45, 7) is 1.59. The van der Waals surface area contributed by atoms with Crippen LogP contribution in [0, 0.1) is 5.92 Å². The quantitative estimate of drug-likeness (QED) is 0.464. The van der Waals surface area contributed by atoms with Crippen LogP contribution >= 0.6 is 0 Å². The third kappa shape index (κ3) is 5.35.